The molecule has 1 amide bonds. The van der Waals surface area contributed by atoms with Crippen LogP contribution in [-0.2, 0) is 11.3 Å². The number of hydrogen-bond acceptors (Lipinski definition) is 2. The van der Waals surface area contributed by atoms with E-state index in [0.29, 0.717) is 19.7 Å². The van der Waals surface area contributed by atoms with Crippen LogP contribution in [0.5, 0.6) is 0 Å². The van der Waals surface area contributed by atoms with Crippen LogP contribution in [0.15, 0.2) is 84.9 Å². The van der Waals surface area contributed by atoms with E-state index in [1.807, 2.05) is 24.3 Å². The molecule has 1 fully saturated rings. The molecule has 0 aromatic heterocycles. The number of fused-ring (bicyclic) bond motifs is 2. The molecule has 5 rings (SSSR count). The van der Waals surface area contributed by atoms with Crippen molar-refractivity contribution in [1.29, 1.82) is 0 Å². The van der Waals surface area contributed by atoms with E-state index in [1.165, 1.54) is 32.0 Å². The zero-order valence-corrected chi connectivity index (χ0v) is 17.3. The fraction of sp³-hybridized carbons (Fsp3) is 0.222. The van der Waals surface area contributed by atoms with Gasteiger partial charge >= 0.3 is 6.09 Å². The van der Waals surface area contributed by atoms with Crippen LogP contribution in [0.3, 0.4) is 0 Å². The van der Waals surface area contributed by atoms with Crippen LogP contribution < -0.4 is 0 Å². The Morgan fingerprint density at radius 2 is 1.52 bits per heavy atom. The van der Waals surface area contributed by atoms with Gasteiger partial charge in [-0.05, 0) is 45.2 Å². The van der Waals surface area contributed by atoms with E-state index < -0.39 is 6.09 Å². The Labute approximate surface area is 181 Å². The second-order valence-corrected chi connectivity index (χ2v) is 8.26. The molecule has 1 aliphatic rings. The smallest absolute Gasteiger partial charge is 0.407 e. The topological polar surface area (TPSA) is 49.8 Å². The van der Waals surface area contributed by atoms with Gasteiger partial charge in [0.25, 0.3) is 0 Å². The molecule has 1 N–H and O–H groups in total. The predicted molar refractivity (Wildman–Crippen MR) is 123 cm³/mol. The molecule has 4 nitrogen and oxygen atoms in total. The average Bonchev–Trinajstić information content (AvgIpc) is 2.82. The summed E-state index contributed by atoms with van der Waals surface area (Å²) >= 11 is 0. The van der Waals surface area contributed by atoms with Crippen LogP contribution in [0.1, 0.15) is 23.5 Å². The monoisotopic (exact) mass is 411 g/mol. The summed E-state index contributed by atoms with van der Waals surface area (Å²) in [7, 11) is 0. The Bertz CT molecular complexity index is 1240. The summed E-state index contributed by atoms with van der Waals surface area (Å²) in [5.74, 6) is 0.167. The van der Waals surface area contributed by atoms with Crippen molar-refractivity contribution in [3.05, 3.63) is 96.1 Å². The predicted octanol–water partition coefficient (Wildman–Crippen LogP) is 6.05. The third-order valence-electron chi connectivity index (χ3n) is 6.31. The minimum Gasteiger partial charge on any atom is -0.465 e. The molecule has 1 saturated heterocycles. The molecule has 1 aliphatic heterocycles. The number of amides is 1. The summed E-state index contributed by atoms with van der Waals surface area (Å²) in [5.41, 5.74) is 2.32. The Kier molecular flexibility index (Phi) is 5.31. The maximum atomic E-state index is 11.6. The van der Waals surface area contributed by atoms with E-state index in [2.05, 4.69) is 60.7 Å². The van der Waals surface area contributed by atoms with Gasteiger partial charge in [-0.25, -0.2) is 4.79 Å². The van der Waals surface area contributed by atoms with Gasteiger partial charge in [0.2, 0.25) is 0 Å². The minimum atomic E-state index is -0.878. The zero-order chi connectivity index (χ0) is 21.2. The van der Waals surface area contributed by atoms with Gasteiger partial charge in [-0.3, -0.25) is 0 Å². The maximum Gasteiger partial charge on any atom is 0.407 e. The third-order valence-corrected chi connectivity index (χ3v) is 6.31. The van der Waals surface area contributed by atoms with E-state index in [0.717, 1.165) is 12.0 Å². The van der Waals surface area contributed by atoms with E-state index in [-0.39, 0.29) is 12.0 Å². The van der Waals surface area contributed by atoms with E-state index in [9.17, 15) is 9.90 Å². The van der Waals surface area contributed by atoms with Crippen LogP contribution in [0.2, 0.25) is 0 Å². The first kappa shape index (κ1) is 19.6. The molecule has 4 aromatic carbocycles. The summed E-state index contributed by atoms with van der Waals surface area (Å²) in [6.07, 6.45) is -0.304. The van der Waals surface area contributed by atoms with Crippen LogP contribution in [0.25, 0.3) is 21.5 Å². The van der Waals surface area contributed by atoms with Gasteiger partial charge in [-0.15, -0.1) is 0 Å². The van der Waals surface area contributed by atoms with Crippen molar-refractivity contribution in [1.82, 2.24) is 4.90 Å². The van der Waals surface area contributed by atoms with Gasteiger partial charge in [-0.1, -0.05) is 78.9 Å². The van der Waals surface area contributed by atoms with Crippen molar-refractivity contribution in [3.63, 3.8) is 0 Å². The molecule has 156 valence electrons. The van der Waals surface area contributed by atoms with Gasteiger partial charge in [0, 0.05) is 12.5 Å². The Balaban J connectivity index is 1.40. The highest BCUT2D eigenvalue weighted by Crippen LogP contribution is 2.33. The van der Waals surface area contributed by atoms with Crippen LogP contribution >= 0.6 is 0 Å². The summed E-state index contributed by atoms with van der Waals surface area (Å²) < 4.78 is 6.37. The molecular formula is C27H25NO3. The van der Waals surface area contributed by atoms with E-state index in [4.69, 9.17) is 4.74 Å². The Morgan fingerprint density at radius 1 is 0.871 bits per heavy atom. The van der Waals surface area contributed by atoms with E-state index in [1.54, 1.807) is 0 Å². The van der Waals surface area contributed by atoms with Crippen LogP contribution in [0, 0.1) is 0 Å². The Morgan fingerprint density at radius 3 is 2.23 bits per heavy atom. The first-order valence-electron chi connectivity index (χ1n) is 10.7. The summed E-state index contributed by atoms with van der Waals surface area (Å²) in [4.78, 5) is 13.1. The molecule has 0 radical (unpaired) electrons. The van der Waals surface area contributed by atoms with Crippen LogP contribution in [0.4, 0.5) is 4.79 Å². The highest BCUT2D eigenvalue weighted by molar-refractivity contribution is 5.83. The molecule has 0 saturated carbocycles. The highest BCUT2D eigenvalue weighted by Gasteiger charge is 2.33. The molecule has 0 bridgehead atoms. The van der Waals surface area contributed by atoms with Crippen LogP contribution in [-0.4, -0.2) is 35.3 Å². The number of carbonyl (C=O) groups is 1. The lowest BCUT2D eigenvalue weighted by molar-refractivity contribution is -0.0199. The normalized spacial score (nSPS) is 19.0. The first-order valence-corrected chi connectivity index (χ1v) is 10.7. The number of likely N-dealkylation sites (tertiary alicyclic amines) is 1. The van der Waals surface area contributed by atoms with Crippen molar-refractivity contribution >= 4 is 27.6 Å². The molecule has 1 heterocycles. The van der Waals surface area contributed by atoms with Gasteiger partial charge < -0.3 is 14.7 Å². The van der Waals surface area contributed by atoms with Gasteiger partial charge in [0.05, 0.1) is 19.3 Å². The number of nitrogens with zero attached hydrogens (tertiary/aromatic N) is 1. The number of rotatable bonds is 4. The molecule has 31 heavy (non-hydrogen) atoms. The van der Waals surface area contributed by atoms with Gasteiger partial charge in [-0.2, -0.15) is 0 Å². The average molecular weight is 412 g/mol. The van der Waals surface area contributed by atoms with Gasteiger partial charge in [0.1, 0.15) is 0 Å². The molecule has 2 atom stereocenters. The molecule has 0 aliphatic carbocycles. The van der Waals surface area contributed by atoms with Crippen molar-refractivity contribution in [2.75, 3.05) is 13.1 Å². The number of piperidine rings is 1. The van der Waals surface area contributed by atoms with Crippen molar-refractivity contribution in [3.8, 4) is 0 Å². The summed E-state index contributed by atoms with van der Waals surface area (Å²) in [6.45, 7) is 1.39. The molecular weight excluding hydrogens is 386 g/mol. The molecule has 2 unspecified atom stereocenters. The molecule has 0 spiro atoms. The van der Waals surface area contributed by atoms with Crippen molar-refractivity contribution < 1.29 is 14.6 Å². The highest BCUT2D eigenvalue weighted by atomic mass is 16.5. The number of ether oxygens (including phenoxy) is 1. The second kappa shape index (κ2) is 8.40. The molecule has 4 heteroatoms. The summed E-state index contributed by atoms with van der Waals surface area (Å²) in [6, 6.07) is 29.5. The lowest BCUT2D eigenvalue weighted by atomic mass is 9.86. The number of carboxylic acid groups (broad SMARTS) is 1. The zero-order valence-electron chi connectivity index (χ0n) is 17.3. The second-order valence-electron chi connectivity index (χ2n) is 8.26. The van der Waals surface area contributed by atoms with E-state index >= 15 is 0 Å². The fourth-order valence-corrected chi connectivity index (χ4v) is 4.61. The SMILES string of the molecule is O=C(O)N1CCC(c2ccc3ccccc3c2)C(OCc2ccc3ccccc3c2)C1. The quantitative estimate of drug-likeness (QED) is 0.445. The fourth-order valence-electron chi connectivity index (χ4n) is 4.61. The third kappa shape index (κ3) is 4.12. The van der Waals surface area contributed by atoms with Gasteiger partial charge in [0.15, 0.2) is 0 Å². The van der Waals surface area contributed by atoms with Crippen molar-refractivity contribution in [2.24, 2.45) is 0 Å². The largest absolute Gasteiger partial charge is 0.465 e. The first-order chi connectivity index (χ1) is 15.2. The maximum absolute atomic E-state index is 11.6. The minimum absolute atomic E-state index is 0.167. The lowest BCUT2D eigenvalue weighted by Gasteiger charge is -2.37. The number of hydrogen-bond donors (Lipinski definition) is 1. The number of benzene rings is 4. The Hall–Kier alpha value is -3.37. The lowest BCUT2D eigenvalue weighted by Crippen LogP contribution is -2.46. The standard InChI is InChI=1S/C27H25NO3/c29-27(30)28-14-13-25(24-12-11-21-6-2-4-8-23(21)16-24)26(17-28)31-18-19-9-10-20-5-1-3-7-22(20)15-19/h1-12,15-16,25-26H,13-14,17-18H2,(H,29,30). The summed E-state index contributed by atoms with van der Waals surface area (Å²) in [5, 5.41) is 14.3. The molecule has 4 aromatic rings. The van der Waals surface area contributed by atoms with Crippen molar-refractivity contribution in [2.45, 2.75) is 25.0 Å².